The van der Waals surface area contributed by atoms with Crippen LogP contribution in [-0.2, 0) is 4.74 Å². The van der Waals surface area contributed by atoms with Crippen molar-refractivity contribution in [2.45, 2.75) is 83.1 Å². The van der Waals surface area contributed by atoms with E-state index in [0.29, 0.717) is 34.4 Å². The minimum Gasteiger partial charge on any atom is -0.461 e. The van der Waals surface area contributed by atoms with E-state index in [1.165, 1.54) is 25.7 Å². The Kier molecular flexibility index (Phi) is 9.54. The van der Waals surface area contributed by atoms with Gasteiger partial charge in [0.1, 0.15) is 23.6 Å². The fourth-order valence-electron chi connectivity index (χ4n) is 8.48. The molecule has 3 aliphatic heterocycles. The van der Waals surface area contributed by atoms with Crippen molar-refractivity contribution >= 4 is 45.4 Å². The van der Waals surface area contributed by atoms with Crippen LogP contribution in [0.25, 0.3) is 33.1 Å². The van der Waals surface area contributed by atoms with E-state index < -0.39 is 12.0 Å². The molecule has 49 heavy (non-hydrogen) atoms. The zero-order chi connectivity index (χ0) is 34.3. The van der Waals surface area contributed by atoms with Crippen molar-refractivity contribution in [2.24, 2.45) is 11.8 Å². The van der Waals surface area contributed by atoms with Crippen LogP contribution in [-0.4, -0.2) is 86.7 Å². The molecule has 8 rings (SSSR count). The number of rotatable bonds is 8. The molecule has 0 bridgehead atoms. The number of fused-ring (bicyclic) bond motifs is 3. The van der Waals surface area contributed by atoms with E-state index in [4.69, 9.17) is 41.2 Å². The number of carboxylic acid groups (broad SMARTS) is 1. The quantitative estimate of drug-likeness (QED) is 0.176. The van der Waals surface area contributed by atoms with E-state index in [9.17, 15) is 0 Å². The van der Waals surface area contributed by atoms with Crippen LogP contribution in [0.1, 0.15) is 83.1 Å². The van der Waals surface area contributed by atoms with E-state index >= 15 is 4.39 Å². The molecule has 1 saturated carbocycles. The van der Waals surface area contributed by atoms with Crippen LogP contribution in [0.4, 0.5) is 15.0 Å². The third kappa shape index (κ3) is 6.49. The molecule has 13 heteroatoms. The van der Waals surface area contributed by atoms with Crippen molar-refractivity contribution in [3.63, 3.8) is 0 Å². The molecule has 1 aromatic carbocycles. The summed E-state index contributed by atoms with van der Waals surface area (Å²) in [5.41, 5.74) is 2.99. The average molecular weight is 694 g/mol. The second-order valence-electron chi connectivity index (χ2n) is 14.2. The second kappa shape index (κ2) is 13.9. The normalized spacial score (nSPS) is 23.0. The number of nitrogens with one attached hydrogen (secondary N) is 1. The molecule has 2 N–H and O–H groups in total. The summed E-state index contributed by atoms with van der Waals surface area (Å²) in [6, 6.07) is 2.15. The Morgan fingerprint density at radius 3 is 2.61 bits per heavy atom. The molecule has 1 unspecified atom stereocenters. The van der Waals surface area contributed by atoms with Crippen LogP contribution in [0.15, 0.2) is 18.5 Å². The first-order valence-electron chi connectivity index (χ1n) is 17.6. The summed E-state index contributed by atoms with van der Waals surface area (Å²) in [4.78, 5) is 28.6. The van der Waals surface area contributed by atoms with E-state index in [1.54, 1.807) is 12.4 Å². The van der Waals surface area contributed by atoms with E-state index in [2.05, 4.69) is 38.6 Å². The van der Waals surface area contributed by atoms with Gasteiger partial charge in [-0.25, -0.2) is 9.18 Å². The zero-order valence-corrected chi connectivity index (χ0v) is 29.2. The maximum Gasteiger partial charge on any atom is 0.505 e. The van der Waals surface area contributed by atoms with Crippen LogP contribution >= 0.6 is 11.6 Å². The number of pyridine rings is 1. The lowest BCUT2D eigenvalue weighted by atomic mass is 9.93. The number of ether oxygens (including phenoxy) is 2. The minimum atomic E-state index is -1.25. The molecule has 3 aromatic heterocycles. The minimum absolute atomic E-state index is 0.0430. The monoisotopic (exact) mass is 693 g/mol. The molecule has 0 amide bonds. The van der Waals surface area contributed by atoms with Gasteiger partial charge in [0.15, 0.2) is 5.82 Å². The first-order valence-corrected chi connectivity index (χ1v) is 18.0. The van der Waals surface area contributed by atoms with Crippen LogP contribution in [0.2, 0.25) is 5.02 Å². The highest BCUT2D eigenvalue weighted by Gasteiger charge is 2.45. The number of hydrogen-bond donors (Lipinski definition) is 2. The first-order chi connectivity index (χ1) is 23.7. The maximum absolute atomic E-state index is 17.1. The summed E-state index contributed by atoms with van der Waals surface area (Å²) in [5.74, 6) is 1.60. The van der Waals surface area contributed by atoms with Gasteiger partial charge in [-0.2, -0.15) is 15.1 Å². The lowest BCUT2D eigenvalue weighted by Gasteiger charge is -2.34. The number of hydrogen-bond acceptors (Lipinski definition) is 9. The summed E-state index contributed by atoms with van der Waals surface area (Å²) in [6.07, 6.45) is 12.5. The predicted octanol–water partition coefficient (Wildman–Crippen LogP) is 7.82. The largest absolute Gasteiger partial charge is 0.505 e. The molecule has 0 radical (unpaired) electrons. The highest BCUT2D eigenvalue weighted by atomic mass is 35.5. The second-order valence-corrected chi connectivity index (χ2v) is 14.6. The molecule has 3 saturated heterocycles. The predicted molar refractivity (Wildman–Crippen MR) is 187 cm³/mol. The van der Waals surface area contributed by atoms with Crippen LogP contribution in [0.3, 0.4) is 0 Å². The van der Waals surface area contributed by atoms with Gasteiger partial charge in [-0.15, -0.1) is 0 Å². The standard InChI is InChI=1S/C34H41ClFN7O.C2H4O3/c1-3-7-21-8-4-11-42(18-21)32-24-16-37-31(28-23-17-38-41-26(23)15-25(35)27(28)22-14-20(22)2)29(36)30(24)39-33(40-32)44-19-34-9-5-12-43(34)13-6-10-34;1-5-2(3)4/h15-17,20-22H,3-14,18-19H2,1-2H3,(H,38,41);1H3,(H,3,4)/t20-,21?,22+;/m1./s1. The van der Waals surface area contributed by atoms with Crippen molar-refractivity contribution in [1.82, 2.24) is 30.0 Å². The molecule has 4 aliphatic rings. The van der Waals surface area contributed by atoms with Crippen LogP contribution in [0.5, 0.6) is 6.01 Å². The van der Waals surface area contributed by atoms with Gasteiger partial charge in [-0.3, -0.25) is 15.0 Å². The van der Waals surface area contributed by atoms with Gasteiger partial charge in [0.05, 0.1) is 29.7 Å². The van der Waals surface area contributed by atoms with Gasteiger partial charge in [0, 0.05) is 35.3 Å². The highest BCUT2D eigenvalue weighted by molar-refractivity contribution is 6.33. The van der Waals surface area contributed by atoms with Gasteiger partial charge in [-0.1, -0.05) is 31.9 Å². The fraction of sp³-hybridized carbons (Fsp3) is 0.583. The third-order valence-corrected chi connectivity index (χ3v) is 11.4. The molecule has 262 valence electrons. The van der Waals surface area contributed by atoms with Gasteiger partial charge in [0.2, 0.25) is 0 Å². The van der Waals surface area contributed by atoms with Crippen LogP contribution < -0.4 is 9.64 Å². The zero-order valence-electron chi connectivity index (χ0n) is 28.5. The first kappa shape index (κ1) is 33.7. The average Bonchev–Trinajstić information content (AvgIpc) is 3.42. The number of piperidine rings is 1. The Labute approximate surface area is 290 Å². The lowest BCUT2D eigenvalue weighted by Crippen LogP contribution is -2.43. The maximum atomic E-state index is 17.1. The number of anilines is 1. The third-order valence-electron chi connectivity index (χ3n) is 11.1. The highest BCUT2D eigenvalue weighted by Crippen LogP contribution is 2.54. The molecule has 0 spiro atoms. The van der Waals surface area contributed by atoms with Crippen molar-refractivity contribution in [3.05, 3.63) is 34.9 Å². The molecule has 4 fully saturated rings. The number of aromatic nitrogens is 5. The molecule has 3 atom stereocenters. The Bertz CT molecular complexity index is 1840. The number of aromatic amines is 1. The van der Waals surface area contributed by atoms with Gasteiger partial charge < -0.3 is 19.5 Å². The number of halogens is 2. The summed E-state index contributed by atoms with van der Waals surface area (Å²) >= 11 is 6.87. The Morgan fingerprint density at radius 2 is 1.92 bits per heavy atom. The molecule has 1 aliphatic carbocycles. The molecular weight excluding hydrogens is 649 g/mol. The Morgan fingerprint density at radius 1 is 1.16 bits per heavy atom. The van der Waals surface area contributed by atoms with Gasteiger partial charge in [-0.05, 0) is 93.8 Å². The lowest BCUT2D eigenvalue weighted by molar-refractivity contribution is 0.108. The molecule has 11 nitrogen and oxygen atoms in total. The van der Waals surface area contributed by atoms with E-state index in [-0.39, 0.29) is 28.7 Å². The number of methoxy groups -OCH3 is 1. The van der Waals surface area contributed by atoms with E-state index in [0.717, 1.165) is 87.7 Å². The molecule has 4 aromatic rings. The topological polar surface area (TPSA) is 130 Å². The van der Waals surface area contributed by atoms with Gasteiger partial charge >= 0.3 is 12.2 Å². The SMILES string of the molecule is CCCC1CCCN(c2nc(OCC34CCCN3CCC4)nc3c(F)c(-c4c([C@H]5C[C@H]5C)c(Cl)cc5[nH]ncc45)ncc23)C1.COC(=O)O. The van der Waals surface area contributed by atoms with E-state index in [1.807, 2.05) is 6.07 Å². The summed E-state index contributed by atoms with van der Waals surface area (Å²) in [6.45, 7) is 8.99. The molecular formula is C36H45ClFN7O4. The molecule has 6 heterocycles. The summed E-state index contributed by atoms with van der Waals surface area (Å²) in [7, 11) is 1.10. The van der Waals surface area contributed by atoms with Crippen molar-refractivity contribution in [3.8, 4) is 17.3 Å². The summed E-state index contributed by atoms with van der Waals surface area (Å²) in [5, 5.41) is 16.9. The summed E-state index contributed by atoms with van der Waals surface area (Å²) < 4.78 is 27.2. The Balaban J connectivity index is 0.000000707. The van der Waals surface area contributed by atoms with Gasteiger partial charge in [0.25, 0.3) is 0 Å². The smallest absolute Gasteiger partial charge is 0.461 e. The number of nitrogens with zero attached hydrogens (tertiary/aromatic N) is 6. The number of carbonyl (C=O) groups is 1. The number of H-pyrrole nitrogens is 1. The van der Waals surface area contributed by atoms with Crippen molar-refractivity contribution in [2.75, 3.05) is 44.8 Å². The van der Waals surface area contributed by atoms with Crippen molar-refractivity contribution in [1.29, 1.82) is 0 Å². The van der Waals surface area contributed by atoms with Crippen LogP contribution in [0, 0.1) is 17.7 Å². The number of benzene rings is 1. The van der Waals surface area contributed by atoms with Crippen molar-refractivity contribution < 1.29 is 23.8 Å². The Hall–Kier alpha value is -3.77. The fourth-order valence-corrected chi connectivity index (χ4v) is 8.82.